The van der Waals surface area contributed by atoms with Crippen LogP contribution in [-0.2, 0) is 4.74 Å². The normalized spacial score (nSPS) is 32.7. The van der Waals surface area contributed by atoms with Crippen LogP contribution in [0.15, 0.2) is 37.1 Å². The molecule has 2 fully saturated rings. The monoisotopic (exact) mass is 324 g/mol. The van der Waals surface area contributed by atoms with E-state index in [0.717, 1.165) is 24.7 Å². The Balaban J connectivity index is 1.81. The molecule has 2 aliphatic carbocycles. The van der Waals surface area contributed by atoms with Crippen molar-refractivity contribution in [2.75, 3.05) is 0 Å². The van der Waals surface area contributed by atoms with Gasteiger partial charge in [0.25, 0.3) is 0 Å². The maximum absolute atomic E-state index is 14.3. The van der Waals surface area contributed by atoms with E-state index in [1.807, 2.05) is 0 Å². The van der Waals surface area contributed by atoms with Crippen molar-refractivity contribution in [2.45, 2.75) is 64.4 Å². The van der Waals surface area contributed by atoms with Gasteiger partial charge >= 0.3 is 6.11 Å². The summed E-state index contributed by atoms with van der Waals surface area (Å²) in [5, 5.41) is 0. The van der Waals surface area contributed by atoms with Crippen LogP contribution in [0.3, 0.4) is 0 Å². The maximum Gasteiger partial charge on any atom is 0.400 e. The third-order valence-electron chi connectivity index (χ3n) is 5.66. The van der Waals surface area contributed by atoms with E-state index in [0.29, 0.717) is 18.8 Å². The second-order valence-corrected chi connectivity index (χ2v) is 7.36. The molecule has 0 saturated heterocycles. The first-order chi connectivity index (χ1) is 10.9. The first-order valence-corrected chi connectivity index (χ1v) is 8.97. The van der Waals surface area contributed by atoms with E-state index in [4.69, 9.17) is 4.74 Å². The lowest BCUT2D eigenvalue weighted by atomic mass is 9.69. The fourth-order valence-corrected chi connectivity index (χ4v) is 4.15. The van der Waals surface area contributed by atoms with Gasteiger partial charge in [-0.3, -0.25) is 0 Å². The third kappa shape index (κ3) is 5.19. The number of ether oxygens (including phenoxy) is 1. The average Bonchev–Trinajstić information content (AvgIpc) is 2.53. The summed E-state index contributed by atoms with van der Waals surface area (Å²) in [5.41, 5.74) is 0. The molecular weight excluding hydrogens is 294 g/mol. The van der Waals surface area contributed by atoms with Gasteiger partial charge in [0, 0.05) is 0 Å². The molecule has 1 nitrogen and oxygen atoms in total. The second kappa shape index (κ2) is 8.12. The Labute approximate surface area is 139 Å². The first kappa shape index (κ1) is 18.2. The number of hydrogen-bond acceptors (Lipinski definition) is 1. The summed E-state index contributed by atoms with van der Waals surface area (Å²) in [6.45, 7) is 9.35. The summed E-state index contributed by atoms with van der Waals surface area (Å²) >= 11 is 0. The maximum atomic E-state index is 14.3. The average molecular weight is 324 g/mol. The number of halogens is 2. The van der Waals surface area contributed by atoms with Crippen molar-refractivity contribution in [1.82, 2.24) is 0 Å². The van der Waals surface area contributed by atoms with Gasteiger partial charge in [0.1, 0.15) is 5.76 Å². The lowest BCUT2D eigenvalue weighted by molar-refractivity contribution is -0.254. The van der Waals surface area contributed by atoms with Crippen molar-refractivity contribution in [2.24, 2.45) is 23.7 Å². The summed E-state index contributed by atoms with van der Waals surface area (Å²) in [6, 6.07) is 0. The van der Waals surface area contributed by atoms with Gasteiger partial charge in [-0.2, -0.15) is 8.78 Å². The van der Waals surface area contributed by atoms with Crippen molar-refractivity contribution in [1.29, 1.82) is 0 Å². The molecule has 0 amide bonds. The Kier molecular flexibility index (Phi) is 6.43. The molecule has 0 heterocycles. The molecule has 0 atom stereocenters. The minimum Gasteiger partial charge on any atom is -0.433 e. The smallest absolute Gasteiger partial charge is 0.400 e. The molecule has 2 saturated carbocycles. The van der Waals surface area contributed by atoms with E-state index in [-0.39, 0.29) is 5.76 Å². The van der Waals surface area contributed by atoms with Gasteiger partial charge < -0.3 is 4.74 Å². The molecule has 0 aromatic heterocycles. The van der Waals surface area contributed by atoms with Crippen LogP contribution in [-0.4, -0.2) is 6.11 Å². The van der Waals surface area contributed by atoms with Crippen LogP contribution in [0.1, 0.15) is 58.3 Å². The largest absolute Gasteiger partial charge is 0.433 e. The Morgan fingerprint density at radius 1 is 1.00 bits per heavy atom. The first-order valence-electron chi connectivity index (χ1n) is 8.97. The molecule has 0 unspecified atom stereocenters. The van der Waals surface area contributed by atoms with Gasteiger partial charge in [-0.1, -0.05) is 45.1 Å². The second-order valence-electron chi connectivity index (χ2n) is 7.36. The van der Waals surface area contributed by atoms with Gasteiger partial charge in [-0.25, -0.2) is 0 Å². The number of hydrogen-bond donors (Lipinski definition) is 0. The van der Waals surface area contributed by atoms with Gasteiger partial charge in [-0.05, 0) is 62.4 Å². The molecule has 2 rings (SSSR count). The van der Waals surface area contributed by atoms with Crippen molar-refractivity contribution in [3.8, 4) is 0 Å². The van der Waals surface area contributed by atoms with Crippen LogP contribution in [0.2, 0.25) is 0 Å². The van der Waals surface area contributed by atoms with Crippen LogP contribution >= 0.6 is 0 Å². The third-order valence-corrected chi connectivity index (χ3v) is 5.66. The molecule has 0 aromatic rings. The van der Waals surface area contributed by atoms with Crippen molar-refractivity contribution < 1.29 is 13.5 Å². The van der Waals surface area contributed by atoms with E-state index in [2.05, 4.69) is 20.1 Å². The Morgan fingerprint density at radius 2 is 1.52 bits per heavy atom. The quantitative estimate of drug-likeness (QED) is 0.401. The molecule has 0 spiro atoms. The molecule has 2 aliphatic rings. The highest BCUT2D eigenvalue weighted by Crippen LogP contribution is 2.45. The van der Waals surface area contributed by atoms with Crippen LogP contribution in [0.25, 0.3) is 0 Å². The van der Waals surface area contributed by atoms with Crippen LogP contribution < -0.4 is 0 Å². The number of rotatable bonds is 6. The highest BCUT2D eigenvalue weighted by molar-refractivity contribution is 5.13. The van der Waals surface area contributed by atoms with Crippen molar-refractivity contribution in [3.05, 3.63) is 37.1 Å². The summed E-state index contributed by atoms with van der Waals surface area (Å²) in [5.74, 6) is 1.55. The molecule has 3 heteroatoms. The molecule has 0 bridgehead atoms. The molecular formula is C20H30F2O. The fraction of sp³-hybridized carbons (Fsp3) is 0.700. The predicted octanol–water partition coefficient (Wildman–Crippen LogP) is 6.48. The Hall–Kier alpha value is -1.12. The number of alkyl halides is 2. The number of allylic oxidation sites excluding steroid dienone is 3. The molecule has 0 aromatic carbocycles. The molecule has 130 valence electrons. The Bertz CT molecular complexity index is 425. The summed E-state index contributed by atoms with van der Waals surface area (Å²) in [6.07, 6.45) is 9.50. The zero-order valence-electron chi connectivity index (χ0n) is 14.3. The summed E-state index contributed by atoms with van der Waals surface area (Å²) < 4.78 is 33.3. The van der Waals surface area contributed by atoms with Crippen LogP contribution in [0.5, 0.6) is 0 Å². The summed E-state index contributed by atoms with van der Waals surface area (Å²) in [7, 11) is 0. The molecule has 0 N–H and O–H groups in total. The van der Waals surface area contributed by atoms with Crippen LogP contribution in [0.4, 0.5) is 8.78 Å². The predicted molar refractivity (Wildman–Crippen MR) is 91.1 cm³/mol. The SMILES string of the molecule is C=C/C=C\C(=C)OC(F)(F)C1CCC(C2CCC(C)CC2)CC1. The van der Waals surface area contributed by atoms with Crippen molar-refractivity contribution >= 4 is 0 Å². The lowest BCUT2D eigenvalue weighted by Gasteiger charge is -2.38. The van der Waals surface area contributed by atoms with E-state index < -0.39 is 12.0 Å². The van der Waals surface area contributed by atoms with Gasteiger partial charge in [0.15, 0.2) is 0 Å². The Morgan fingerprint density at radius 3 is 2.04 bits per heavy atom. The lowest BCUT2D eigenvalue weighted by Crippen LogP contribution is -2.35. The van der Waals surface area contributed by atoms with E-state index in [1.54, 1.807) is 6.08 Å². The van der Waals surface area contributed by atoms with Gasteiger partial charge in [0.05, 0.1) is 5.92 Å². The topological polar surface area (TPSA) is 9.23 Å². The van der Waals surface area contributed by atoms with E-state index >= 15 is 0 Å². The fourth-order valence-electron chi connectivity index (χ4n) is 4.15. The van der Waals surface area contributed by atoms with E-state index in [1.165, 1.54) is 37.8 Å². The molecule has 23 heavy (non-hydrogen) atoms. The standard InChI is InChI=1S/C20H30F2O/c1-4-5-6-16(3)23-20(21,22)19-13-11-18(12-14-19)17-9-7-15(2)8-10-17/h4-6,15,17-19H,1,3,7-14H2,2H3/b6-5-. The van der Waals surface area contributed by atoms with Crippen LogP contribution in [0, 0.1) is 23.7 Å². The highest BCUT2D eigenvalue weighted by atomic mass is 19.3. The van der Waals surface area contributed by atoms with Crippen molar-refractivity contribution in [3.63, 3.8) is 0 Å². The van der Waals surface area contributed by atoms with Gasteiger partial charge in [-0.15, -0.1) is 0 Å². The zero-order chi connectivity index (χ0) is 16.9. The zero-order valence-corrected chi connectivity index (χ0v) is 14.3. The van der Waals surface area contributed by atoms with E-state index in [9.17, 15) is 8.78 Å². The van der Waals surface area contributed by atoms with Gasteiger partial charge in [0.2, 0.25) is 0 Å². The highest BCUT2D eigenvalue weighted by Gasteiger charge is 2.44. The minimum atomic E-state index is -3.12. The minimum absolute atomic E-state index is 0.00158. The molecule has 0 radical (unpaired) electrons. The molecule has 0 aliphatic heterocycles. The summed E-state index contributed by atoms with van der Waals surface area (Å²) in [4.78, 5) is 0.